The molecule has 7 heteroatoms. The Kier molecular flexibility index (Phi) is 7.56. The topological polar surface area (TPSA) is 93.5 Å². The van der Waals surface area contributed by atoms with Crippen LogP contribution in [0.2, 0.25) is 0 Å². The Balaban J connectivity index is 1.36. The van der Waals surface area contributed by atoms with E-state index in [1.54, 1.807) is 0 Å². The van der Waals surface area contributed by atoms with Gasteiger partial charge in [0.2, 0.25) is 0 Å². The zero-order chi connectivity index (χ0) is 26.6. The summed E-state index contributed by atoms with van der Waals surface area (Å²) in [7, 11) is 0. The first-order valence-electron chi connectivity index (χ1n) is 13.2. The molecule has 0 spiro atoms. The van der Waals surface area contributed by atoms with Gasteiger partial charge in [-0.3, -0.25) is 9.59 Å². The molecule has 1 aliphatic rings. The number of anilines is 2. The number of nitrogens with one attached hydrogen (secondary N) is 2. The van der Waals surface area contributed by atoms with Crippen LogP contribution in [0, 0.1) is 6.92 Å². The molecule has 38 heavy (non-hydrogen) atoms. The minimum absolute atomic E-state index is 0.0519. The summed E-state index contributed by atoms with van der Waals surface area (Å²) in [4.78, 5) is 30.3. The minimum Gasteiger partial charge on any atom is -0.466 e. The van der Waals surface area contributed by atoms with Crippen LogP contribution < -0.4 is 10.6 Å². The molecule has 1 aliphatic heterocycles. The number of ether oxygens (including phenoxy) is 1. The van der Waals surface area contributed by atoms with Crippen molar-refractivity contribution in [1.82, 2.24) is 10.3 Å². The molecule has 0 saturated heterocycles. The van der Waals surface area contributed by atoms with Crippen LogP contribution in [0.1, 0.15) is 60.0 Å². The number of Topliss-reactive ketones (excluding diaryl/α,β-unsaturated/α-hetero) is 1. The Morgan fingerprint density at radius 3 is 2.82 bits per heavy atom. The maximum Gasteiger partial charge on any atom is 0.306 e. The van der Waals surface area contributed by atoms with E-state index in [0.717, 1.165) is 52.0 Å². The Morgan fingerprint density at radius 2 is 2.00 bits per heavy atom. The average molecular weight is 512 g/mol. The molecular weight excluding hydrogens is 478 g/mol. The highest BCUT2D eigenvalue weighted by Crippen LogP contribution is 2.34. The number of aryl methyl sites for hydroxylation is 1. The number of oxazole rings is 1. The molecule has 0 amide bonds. The number of esters is 1. The van der Waals surface area contributed by atoms with Crippen molar-refractivity contribution in [3.8, 4) is 0 Å². The normalized spacial score (nSPS) is 15.6. The second kappa shape index (κ2) is 11.2. The van der Waals surface area contributed by atoms with Crippen molar-refractivity contribution in [2.45, 2.75) is 52.0 Å². The standard InChI is InChI=1S/C31H33N3O4/c1-4-37-28(36)16-20(3)23-10-7-9-22-14-15-32-30(29(22)23)26(35)17-21-12-13-25-27(18-21)38-31(34-25)33-24-11-6-5-8-19(24)2/h5-13,18,20,30,32H,4,14-17H2,1-3H3,(H,33,34). The fraction of sp³-hybridized carbons (Fsp3) is 0.323. The van der Waals surface area contributed by atoms with Crippen LogP contribution in [0.5, 0.6) is 0 Å². The summed E-state index contributed by atoms with van der Waals surface area (Å²) < 4.78 is 11.1. The van der Waals surface area contributed by atoms with Gasteiger partial charge in [0.1, 0.15) is 5.52 Å². The molecule has 2 heterocycles. The van der Waals surface area contributed by atoms with Crippen molar-refractivity contribution in [2.24, 2.45) is 0 Å². The third-order valence-electron chi connectivity index (χ3n) is 7.11. The first-order valence-corrected chi connectivity index (χ1v) is 13.2. The van der Waals surface area contributed by atoms with Crippen LogP contribution in [0.3, 0.4) is 0 Å². The highest BCUT2D eigenvalue weighted by atomic mass is 16.5. The maximum atomic E-state index is 13.6. The van der Waals surface area contributed by atoms with Crippen LogP contribution in [-0.4, -0.2) is 29.9 Å². The molecule has 2 atom stereocenters. The van der Waals surface area contributed by atoms with E-state index in [2.05, 4.69) is 21.7 Å². The van der Waals surface area contributed by atoms with Gasteiger partial charge in [-0.15, -0.1) is 0 Å². The predicted molar refractivity (Wildman–Crippen MR) is 148 cm³/mol. The highest BCUT2D eigenvalue weighted by Gasteiger charge is 2.30. The molecule has 2 N–H and O–H groups in total. The summed E-state index contributed by atoms with van der Waals surface area (Å²) in [6.07, 6.45) is 1.39. The maximum absolute atomic E-state index is 13.6. The summed E-state index contributed by atoms with van der Waals surface area (Å²) in [5.74, 6) is -0.191. The van der Waals surface area contributed by atoms with Crippen molar-refractivity contribution in [3.63, 3.8) is 0 Å². The van der Waals surface area contributed by atoms with Crippen LogP contribution in [0.25, 0.3) is 11.1 Å². The molecule has 3 aromatic carbocycles. The SMILES string of the molecule is CCOC(=O)CC(C)c1cccc2c1C(C(=O)Cc1ccc3nc(Nc4ccccc4C)oc3c1)NCC2. The molecule has 0 bridgehead atoms. The van der Waals surface area contributed by atoms with E-state index < -0.39 is 6.04 Å². The fourth-order valence-electron chi connectivity index (χ4n) is 5.20. The first-order chi connectivity index (χ1) is 18.4. The lowest BCUT2D eigenvalue weighted by molar-refractivity contribution is -0.143. The predicted octanol–water partition coefficient (Wildman–Crippen LogP) is 5.94. The van der Waals surface area contributed by atoms with E-state index in [9.17, 15) is 9.59 Å². The van der Waals surface area contributed by atoms with Crippen LogP contribution in [0.4, 0.5) is 11.7 Å². The van der Waals surface area contributed by atoms with Gasteiger partial charge < -0.3 is 19.8 Å². The van der Waals surface area contributed by atoms with Gasteiger partial charge in [0.25, 0.3) is 6.01 Å². The van der Waals surface area contributed by atoms with Crippen LogP contribution in [-0.2, 0) is 27.2 Å². The number of rotatable bonds is 9. The van der Waals surface area contributed by atoms with Crippen LogP contribution in [0.15, 0.2) is 65.1 Å². The molecule has 196 valence electrons. The average Bonchev–Trinajstić information content (AvgIpc) is 3.31. The Hall–Kier alpha value is -3.97. The van der Waals surface area contributed by atoms with Gasteiger partial charge in [0, 0.05) is 18.7 Å². The Labute approximate surface area is 222 Å². The number of fused-ring (bicyclic) bond motifs is 2. The molecule has 1 aromatic heterocycles. The zero-order valence-corrected chi connectivity index (χ0v) is 22.0. The number of carbonyl (C=O) groups is 2. The van der Waals surface area contributed by atoms with E-state index in [0.29, 0.717) is 18.2 Å². The summed E-state index contributed by atoms with van der Waals surface area (Å²) in [5, 5.41) is 6.67. The number of para-hydroxylation sites is 1. The number of hydrogen-bond donors (Lipinski definition) is 2. The van der Waals surface area contributed by atoms with Crippen molar-refractivity contribution < 1.29 is 18.7 Å². The largest absolute Gasteiger partial charge is 0.466 e. The third-order valence-corrected chi connectivity index (χ3v) is 7.11. The summed E-state index contributed by atoms with van der Waals surface area (Å²) in [6, 6.07) is 19.8. The van der Waals surface area contributed by atoms with E-state index in [-0.39, 0.29) is 30.5 Å². The second-order valence-corrected chi connectivity index (χ2v) is 9.87. The van der Waals surface area contributed by atoms with Crippen molar-refractivity contribution >= 4 is 34.6 Å². The smallest absolute Gasteiger partial charge is 0.306 e. The number of aromatic nitrogens is 1. The molecule has 0 saturated carbocycles. The van der Waals surface area contributed by atoms with E-state index in [4.69, 9.17) is 9.15 Å². The second-order valence-electron chi connectivity index (χ2n) is 9.87. The fourth-order valence-corrected chi connectivity index (χ4v) is 5.20. The summed E-state index contributed by atoms with van der Waals surface area (Å²) >= 11 is 0. The quantitative estimate of drug-likeness (QED) is 0.269. The molecule has 0 radical (unpaired) electrons. The minimum atomic E-state index is -0.427. The van der Waals surface area contributed by atoms with Crippen molar-refractivity contribution in [1.29, 1.82) is 0 Å². The van der Waals surface area contributed by atoms with Gasteiger partial charge in [0.05, 0.1) is 19.1 Å². The number of ketones is 1. The van der Waals surface area contributed by atoms with Crippen molar-refractivity contribution in [3.05, 3.63) is 88.5 Å². The van der Waals surface area contributed by atoms with E-state index in [1.807, 2.05) is 75.4 Å². The lowest BCUT2D eigenvalue weighted by atomic mass is 9.82. The van der Waals surface area contributed by atoms with E-state index in [1.165, 1.54) is 0 Å². The van der Waals surface area contributed by atoms with Gasteiger partial charge in [-0.1, -0.05) is 49.4 Å². The number of nitrogens with zero attached hydrogens (tertiary/aromatic N) is 1. The Bertz CT molecular complexity index is 1480. The van der Waals surface area contributed by atoms with Gasteiger partial charge in [-0.2, -0.15) is 4.98 Å². The van der Waals surface area contributed by atoms with E-state index >= 15 is 0 Å². The molecule has 4 aromatic rings. The highest BCUT2D eigenvalue weighted by molar-refractivity contribution is 5.89. The zero-order valence-electron chi connectivity index (χ0n) is 22.0. The number of benzene rings is 3. The summed E-state index contributed by atoms with van der Waals surface area (Å²) in [6.45, 7) is 6.94. The number of hydrogen-bond acceptors (Lipinski definition) is 7. The van der Waals surface area contributed by atoms with Crippen molar-refractivity contribution in [2.75, 3.05) is 18.5 Å². The lowest BCUT2D eigenvalue weighted by Crippen LogP contribution is -2.37. The van der Waals surface area contributed by atoms with Crippen LogP contribution >= 0.6 is 0 Å². The molecule has 0 aliphatic carbocycles. The van der Waals surface area contributed by atoms with Gasteiger partial charge in [-0.05, 0) is 72.2 Å². The molecule has 2 unspecified atom stereocenters. The third kappa shape index (κ3) is 5.48. The molecule has 0 fully saturated rings. The van der Waals surface area contributed by atoms with Gasteiger partial charge in [-0.25, -0.2) is 0 Å². The van der Waals surface area contributed by atoms with Gasteiger partial charge >= 0.3 is 5.97 Å². The first kappa shape index (κ1) is 25.7. The molecule has 7 nitrogen and oxygen atoms in total. The lowest BCUT2D eigenvalue weighted by Gasteiger charge is -2.30. The number of carbonyl (C=O) groups excluding carboxylic acids is 2. The summed E-state index contributed by atoms with van der Waals surface area (Å²) in [5.41, 5.74) is 7.45. The van der Waals surface area contributed by atoms with Gasteiger partial charge in [0.15, 0.2) is 11.4 Å². The monoisotopic (exact) mass is 511 g/mol. The molecule has 5 rings (SSSR count). The Morgan fingerprint density at radius 1 is 1.16 bits per heavy atom. The molecular formula is C31H33N3O4.